The van der Waals surface area contributed by atoms with Gasteiger partial charge >= 0.3 is 0 Å². The Morgan fingerprint density at radius 3 is 2.78 bits per heavy atom. The lowest BCUT2D eigenvalue weighted by Crippen LogP contribution is -2.30. The van der Waals surface area contributed by atoms with Crippen LogP contribution >= 0.6 is 11.6 Å². The summed E-state index contributed by atoms with van der Waals surface area (Å²) in [6.45, 7) is 0. The quantitative estimate of drug-likeness (QED) is 0.586. The number of fused-ring (bicyclic) bond motifs is 1. The van der Waals surface area contributed by atoms with Crippen LogP contribution in [0, 0.1) is 11.2 Å². The van der Waals surface area contributed by atoms with Crippen molar-refractivity contribution in [2.75, 3.05) is 7.05 Å². The Balaban J connectivity index is 1.85. The minimum absolute atomic E-state index is 0.0467. The van der Waals surface area contributed by atoms with Crippen molar-refractivity contribution in [3.63, 3.8) is 0 Å². The second kappa shape index (κ2) is 7.97. The van der Waals surface area contributed by atoms with Crippen LogP contribution in [0.3, 0.4) is 0 Å². The molecule has 3 rings (SSSR count). The normalized spacial score (nSPS) is 11.3. The average molecular weight is 383 g/mol. The van der Waals surface area contributed by atoms with E-state index in [9.17, 15) is 9.18 Å². The number of rotatable bonds is 5. The standard InChI is InChI=1S/C20H16ClFN4O/c1-24-19(11-17(23)12-4-2-6-14(22)8-12)26-20(27)15-10-18-13(9-16(15)21)5-3-7-25-18/h2-11,23-24H,1H3,(H,26,27)/b19-11+,23-17?. The molecule has 27 heavy (non-hydrogen) atoms. The average Bonchev–Trinajstić information content (AvgIpc) is 2.66. The van der Waals surface area contributed by atoms with Crippen LogP contribution in [0.1, 0.15) is 15.9 Å². The van der Waals surface area contributed by atoms with Gasteiger partial charge in [-0.1, -0.05) is 29.8 Å². The Bertz CT molecular complexity index is 1060. The molecule has 5 nitrogen and oxygen atoms in total. The van der Waals surface area contributed by atoms with Crippen molar-refractivity contribution in [3.8, 4) is 0 Å². The van der Waals surface area contributed by atoms with E-state index in [2.05, 4.69) is 15.6 Å². The fourth-order valence-electron chi connectivity index (χ4n) is 2.51. The van der Waals surface area contributed by atoms with Gasteiger partial charge in [0, 0.05) is 30.3 Å². The lowest BCUT2D eigenvalue weighted by molar-refractivity contribution is 0.0964. The molecule has 2 aromatic carbocycles. The summed E-state index contributed by atoms with van der Waals surface area (Å²) in [7, 11) is 1.61. The van der Waals surface area contributed by atoms with E-state index in [-0.39, 0.29) is 17.1 Å². The molecule has 0 spiro atoms. The molecule has 3 N–H and O–H groups in total. The molecule has 1 aromatic heterocycles. The summed E-state index contributed by atoms with van der Waals surface area (Å²) >= 11 is 6.23. The van der Waals surface area contributed by atoms with Crippen LogP contribution in [0.15, 0.2) is 66.6 Å². The lowest BCUT2D eigenvalue weighted by Gasteiger charge is -2.11. The topological polar surface area (TPSA) is 77.9 Å². The lowest BCUT2D eigenvalue weighted by atomic mass is 10.1. The van der Waals surface area contributed by atoms with Gasteiger partial charge in [0.1, 0.15) is 11.6 Å². The molecule has 1 heterocycles. The third-order valence-corrected chi connectivity index (χ3v) is 4.19. The molecule has 7 heteroatoms. The zero-order valence-electron chi connectivity index (χ0n) is 14.4. The van der Waals surface area contributed by atoms with Gasteiger partial charge in [0.25, 0.3) is 5.91 Å². The number of hydrogen-bond acceptors (Lipinski definition) is 4. The highest BCUT2D eigenvalue weighted by Gasteiger charge is 2.14. The van der Waals surface area contributed by atoms with E-state index >= 15 is 0 Å². The number of nitrogens with zero attached hydrogens (tertiary/aromatic N) is 1. The van der Waals surface area contributed by atoms with Crippen LogP contribution in [0.2, 0.25) is 5.02 Å². The van der Waals surface area contributed by atoms with Crippen molar-refractivity contribution in [3.05, 3.63) is 88.6 Å². The number of carbonyl (C=O) groups is 1. The molecule has 3 aromatic rings. The minimum atomic E-state index is -0.444. The van der Waals surface area contributed by atoms with Gasteiger partial charge in [-0.05, 0) is 30.3 Å². The molecule has 0 saturated carbocycles. The van der Waals surface area contributed by atoms with E-state index in [0.29, 0.717) is 16.1 Å². The Kier molecular flexibility index (Phi) is 5.47. The molecule has 0 aliphatic rings. The van der Waals surface area contributed by atoms with Crippen LogP contribution < -0.4 is 10.6 Å². The zero-order valence-corrected chi connectivity index (χ0v) is 15.1. The fraction of sp³-hybridized carbons (Fsp3) is 0.0500. The molecule has 0 bridgehead atoms. The van der Waals surface area contributed by atoms with Gasteiger partial charge in [0.15, 0.2) is 0 Å². The summed E-state index contributed by atoms with van der Waals surface area (Å²) in [5, 5.41) is 14.7. The van der Waals surface area contributed by atoms with Gasteiger partial charge in [0.05, 0.1) is 21.8 Å². The molecule has 0 atom stereocenters. The van der Waals surface area contributed by atoms with Crippen LogP contribution in [0.5, 0.6) is 0 Å². The third kappa shape index (κ3) is 4.30. The van der Waals surface area contributed by atoms with Crippen molar-refractivity contribution >= 4 is 34.1 Å². The minimum Gasteiger partial charge on any atom is -0.375 e. The van der Waals surface area contributed by atoms with Gasteiger partial charge < -0.3 is 16.0 Å². The van der Waals surface area contributed by atoms with Crippen LogP contribution in [-0.2, 0) is 0 Å². The van der Waals surface area contributed by atoms with Gasteiger partial charge in [-0.15, -0.1) is 0 Å². The number of pyridine rings is 1. The van der Waals surface area contributed by atoms with Gasteiger partial charge in [0.2, 0.25) is 0 Å². The van der Waals surface area contributed by atoms with Crippen molar-refractivity contribution in [1.29, 1.82) is 5.41 Å². The largest absolute Gasteiger partial charge is 0.375 e. The summed E-state index contributed by atoms with van der Waals surface area (Å²) in [5.41, 5.74) is 1.35. The molecule has 0 saturated heterocycles. The predicted octanol–water partition coefficient (Wildman–Crippen LogP) is 3.89. The third-order valence-electron chi connectivity index (χ3n) is 3.88. The van der Waals surface area contributed by atoms with E-state index < -0.39 is 11.7 Å². The Labute approximate surface area is 160 Å². The zero-order chi connectivity index (χ0) is 19.4. The molecule has 136 valence electrons. The number of halogens is 2. The van der Waals surface area contributed by atoms with Crippen LogP contribution in [0.25, 0.3) is 10.9 Å². The van der Waals surface area contributed by atoms with E-state index in [1.165, 1.54) is 24.3 Å². The molecule has 0 aliphatic heterocycles. The van der Waals surface area contributed by atoms with Crippen molar-refractivity contribution in [2.24, 2.45) is 0 Å². The number of nitrogens with one attached hydrogen (secondary N) is 3. The first-order valence-electron chi connectivity index (χ1n) is 8.07. The van der Waals surface area contributed by atoms with E-state index in [0.717, 1.165) is 5.39 Å². The summed E-state index contributed by atoms with van der Waals surface area (Å²) in [4.78, 5) is 16.8. The van der Waals surface area contributed by atoms with Crippen LogP contribution in [-0.4, -0.2) is 23.7 Å². The molecular weight excluding hydrogens is 367 g/mol. The molecule has 0 radical (unpaired) electrons. The van der Waals surface area contributed by atoms with Crippen LogP contribution in [0.4, 0.5) is 4.39 Å². The first-order valence-corrected chi connectivity index (χ1v) is 8.45. The van der Waals surface area contributed by atoms with Crippen molar-refractivity contribution in [2.45, 2.75) is 0 Å². The molecule has 0 unspecified atom stereocenters. The number of amides is 1. The highest BCUT2D eigenvalue weighted by molar-refractivity contribution is 6.34. The predicted molar refractivity (Wildman–Crippen MR) is 105 cm³/mol. The molecule has 0 fully saturated rings. The maximum atomic E-state index is 13.3. The number of aromatic nitrogens is 1. The maximum Gasteiger partial charge on any atom is 0.258 e. The Hall–Kier alpha value is -3.25. The summed E-state index contributed by atoms with van der Waals surface area (Å²) in [6.07, 6.45) is 3.04. The van der Waals surface area contributed by atoms with Gasteiger partial charge in [-0.25, -0.2) is 4.39 Å². The highest BCUT2D eigenvalue weighted by Crippen LogP contribution is 2.22. The molecular formula is C20H16ClFN4O. The van der Waals surface area contributed by atoms with E-state index in [1.54, 1.807) is 37.5 Å². The number of benzene rings is 2. The molecule has 0 aliphatic carbocycles. The second-order valence-corrected chi connectivity index (χ2v) is 6.12. The van der Waals surface area contributed by atoms with E-state index in [4.69, 9.17) is 17.0 Å². The fourth-order valence-corrected chi connectivity index (χ4v) is 2.77. The maximum absolute atomic E-state index is 13.3. The first-order chi connectivity index (χ1) is 13.0. The Morgan fingerprint density at radius 1 is 1.22 bits per heavy atom. The SMILES string of the molecule is CN/C(=C\C(=N)c1cccc(F)c1)NC(=O)c1cc2ncccc2cc1Cl. The highest BCUT2D eigenvalue weighted by atomic mass is 35.5. The smallest absolute Gasteiger partial charge is 0.258 e. The number of allylic oxidation sites excluding steroid dienone is 1. The molecule has 1 amide bonds. The number of carbonyl (C=O) groups excluding carboxylic acids is 1. The summed E-state index contributed by atoms with van der Waals surface area (Å²) < 4.78 is 13.3. The summed E-state index contributed by atoms with van der Waals surface area (Å²) in [5.74, 6) is -0.595. The first kappa shape index (κ1) is 18.5. The second-order valence-electron chi connectivity index (χ2n) is 5.71. The van der Waals surface area contributed by atoms with Crippen molar-refractivity contribution < 1.29 is 9.18 Å². The number of hydrogen-bond donors (Lipinski definition) is 3. The summed E-state index contributed by atoms with van der Waals surface area (Å²) in [6, 6.07) is 12.6. The van der Waals surface area contributed by atoms with Gasteiger partial charge in [-0.2, -0.15) is 0 Å². The van der Waals surface area contributed by atoms with Gasteiger partial charge in [-0.3, -0.25) is 9.78 Å². The van der Waals surface area contributed by atoms with E-state index in [1.807, 2.05) is 6.07 Å². The van der Waals surface area contributed by atoms with Crippen molar-refractivity contribution in [1.82, 2.24) is 15.6 Å². The monoisotopic (exact) mass is 382 g/mol. The Morgan fingerprint density at radius 2 is 2.04 bits per heavy atom.